The maximum absolute atomic E-state index is 10.9. The SMILES string of the molecule is COC(C)(CCC(N)=O)c1ccc(C(C)Cl)cc1. The Kier molecular flexibility index (Phi) is 5.17. The van der Waals surface area contributed by atoms with Crippen molar-refractivity contribution in [3.8, 4) is 0 Å². The molecule has 1 aromatic carbocycles. The van der Waals surface area contributed by atoms with E-state index < -0.39 is 5.60 Å². The van der Waals surface area contributed by atoms with Crippen LogP contribution in [0.1, 0.15) is 43.2 Å². The van der Waals surface area contributed by atoms with Crippen LogP contribution in [0.15, 0.2) is 24.3 Å². The first kappa shape index (κ1) is 15.0. The van der Waals surface area contributed by atoms with E-state index in [1.807, 2.05) is 38.1 Å². The van der Waals surface area contributed by atoms with Crippen LogP contribution in [0.3, 0.4) is 0 Å². The summed E-state index contributed by atoms with van der Waals surface area (Å²) in [6.45, 7) is 3.88. The zero-order valence-corrected chi connectivity index (χ0v) is 11.8. The van der Waals surface area contributed by atoms with Crippen molar-refractivity contribution in [2.45, 2.75) is 37.7 Å². The molecule has 0 fully saturated rings. The number of hydrogen-bond donors (Lipinski definition) is 1. The smallest absolute Gasteiger partial charge is 0.217 e. The van der Waals surface area contributed by atoms with E-state index in [0.29, 0.717) is 12.8 Å². The summed E-state index contributed by atoms with van der Waals surface area (Å²) in [5, 5.41) is -0.0153. The Hall–Kier alpha value is -1.06. The van der Waals surface area contributed by atoms with E-state index >= 15 is 0 Å². The number of primary amides is 1. The number of alkyl halides is 1. The molecule has 0 radical (unpaired) electrons. The summed E-state index contributed by atoms with van der Waals surface area (Å²) in [4.78, 5) is 10.9. The Balaban J connectivity index is 2.90. The molecule has 4 heteroatoms. The van der Waals surface area contributed by atoms with E-state index in [-0.39, 0.29) is 11.3 Å². The van der Waals surface area contributed by atoms with Gasteiger partial charge in [0.05, 0.1) is 11.0 Å². The van der Waals surface area contributed by atoms with E-state index in [4.69, 9.17) is 22.1 Å². The molecule has 0 bridgehead atoms. The third-order valence-corrected chi connectivity index (χ3v) is 3.53. The predicted molar refractivity (Wildman–Crippen MR) is 73.5 cm³/mol. The average Bonchev–Trinajstić information content (AvgIpc) is 2.36. The molecule has 2 atom stereocenters. The van der Waals surface area contributed by atoms with Crippen molar-refractivity contribution in [2.75, 3.05) is 7.11 Å². The van der Waals surface area contributed by atoms with Crippen molar-refractivity contribution in [1.82, 2.24) is 0 Å². The first-order valence-electron chi connectivity index (χ1n) is 5.97. The Labute approximate surface area is 113 Å². The Morgan fingerprint density at radius 1 is 1.44 bits per heavy atom. The van der Waals surface area contributed by atoms with Crippen LogP contribution in [0.25, 0.3) is 0 Å². The number of ether oxygens (including phenoxy) is 1. The topological polar surface area (TPSA) is 52.3 Å². The lowest BCUT2D eigenvalue weighted by Crippen LogP contribution is -2.26. The molecule has 0 spiro atoms. The number of rotatable bonds is 6. The molecule has 0 aliphatic rings. The van der Waals surface area contributed by atoms with Crippen LogP contribution in [0, 0.1) is 0 Å². The number of amides is 1. The lowest BCUT2D eigenvalue weighted by molar-refractivity contribution is -0.119. The molecule has 3 nitrogen and oxygen atoms in total. The predicted octanol–water partition coefficient (Wildman–Crippen LogP) is 3.11. The molecule has 0 aliphatic heterocycles. The second-order valence-electron chi connectivity index (χ2n) is 4.64. The molecule has 0 saturated carbocycles. The van der Waals surface area contributed by atoms with Gasteiger partial charge in [0.1, 0.15) is 0 Å². The van der Waals surface area contributed by atoms with Crippen LogP contribution < -0.4 is 5.73 Å². The van der Waals surface area contributed by atoms with Gasteiger partial charge in [-0.15, -0.1) is 11.6 Å². The summed E-state index contributed by atoms with van der Waals surface area (Å²) < 4.78 is 5.53. The van der Waals surface area contributed by atoms with Gasteiger partial charge in [0, 0.05) is 13.5 Å². The number of carbonyl (C=O) groups is 1. The zero-order chi connectivity index (χ0) is 13.8. The second-order valence-corrected chi connectivity index (χ2v) is 5.29. The highest BCUT2D eigenvalue weighted by atomic mass is 35.5. The minimum atomic E-state index is -0.497. The summed E-state index contributed by atoms with van der Waals surface area (Å²) >= 11 is 6.01. The highest BCUT2D eigenvalue weighted by Crippen LogP contribution is 2.31. The average molecular weight is 270 g/mol. The number of nitrogens with two attached hydrogens (primary N) is 1. The van der Waals surface area contributed by atoms with Crippen LogP contribution in [-0.2, 0) is 15.1 Å². The normalized spacial score (nSPS) is 16.0. The lowest BCUT2D eigenvalue weighted by atomic mass is 9.90. The Bertz CT molecular complexity index is 403. The third-order valence-electron chi connectivity index (χ3n) is 3.28. The highest BCUT2D eigenvalue weighted by Gasteiger charge is 2.26. The molecule has 0 aliphatic carbocycles. The minimum Gasteiger partial charge on any atom is -0.374 e. The molecule has 2 unspecified atom stereocenters. The van der Waals surface area contributed by atoms with Gasteiger partial charge in [-0.05, 0) is 31.4 Å². The Morgan fingerprint density at radius 3 is 2.39 bits per heavy atom. The fourth-order valence-corrected chi connectivity index (χ4v) is 1.97. The first-order valence-corrected chi connectivity index (χ1v) is 6.40. The third kappa shape index (κ3) is 3.72. The van der Waals surface area contributed by atoms with Crippen molar-refractivity contribution in [3.05, 3.63) is 35.4 Å². The highest BCUT2D eigenvalue weighted by molar-refractivity contribution is 6.20. The van der Waals surface area contributed by atoms with Crippen molar-refractivity contribution in [2.24, 2.45) is 5.73 Å². The quantitative estimate of drug-likeness (QED) is 0.807. The molecule has 0 saturated heterocycles. The fraction of sp³-hybridized carbons (Fsp3) is 0.500. The van der Waals surface area contributed by atoms with Crippen molar-refractivity contribution in [3.63, 3.8) is 0 Å². The van der Waals surface area contributed by atoms with E-state index in [9.17, 15) is 4.79 Å². The lowest BCUT2D eigenvalue weighted by Gasteiger charge is -2.28. The van der Waals surface area contributed by atoms with Crippen LogP contribution in [-0.4, -0.2) is 13.0 Å². The number of halogens is 1. The molecule has 1 amide bonds. The Morgan fingerprint density at radius 2 is 2.00 bits per heavy atom. The molecule has 18 heavy (non-hydrogen) atoms. The van der Waals surface area contributed by atoms with Crippen molar-refractivity contribution < 1.29 is 9.53 Å². The van der Waals surface area contributed by atoms with Gasteiger partial charge in [-0.2, -0.15) is 0 Å². The van der Waals surface area contributed by atoms with Crippen LogP contribution in [0.2, 0.25) is 0 Å². The van der Waals surface area contributed by atoms with Gasteiger partial charge in [0.25, 0.3) is 0 Å². The molecular weight excluding hydrogens is 250 g/mol. The minimum absolute atomic E-state index is 0.0153. The van der Waals surface area contributed by atoms with Crippen LogP contribution >= 0.6 is 11.6 Å². The van der Waals surface area contributed by atoms with Gasteiger partial charge in [-0.1, -0.05) is 24.3 Å². The molecule has 0 heterocycles. The zero-order valence-electron chi connectivity index (χ0n) is 11.1. The van der Waals surface area contributed by atoms with Crippen molar-refractivity contribution in [1.29, 1.82) is 0 Å². The van der Waals surface area contributed by atoms with Gasteiger partial charge >= 0.3 is 0 Å². The maximum Gasteiger partial charge on any atom is 0.217 e. The number of hydrogen-bond acceptors (Lipinski definition) is 2. The molecule has 0 aromatic heterocycles. The summed E-state index contributed by atoms with van der Waals surface area (Å²) in [5.74, 6) is -0.315. The summed E-state index contributed by atoms with van der Waals surface area (Å²) in [7, 11) is 1.64. The monoisotopic (exact) mass is 269 g/mol. The summed E-state index contributed by atoms with van der Waals surface area (Å²) in [6.07, 6.45) is 0.868. The van der Waals surface area contributed by atoms with E-state index in [1.165, 1.54) is 0 Å². The van der Waals surface area contributed by atoms with Gasteiger partial charge in [-0.3, -0.25) is 4.79 Å². The van der Waals surface area contributed by atoms with Crippen LogP contribution in [0.4, 0.5) is 0 Å². The molecule has 100 valence electrons. The molecular formula is C14H20ClNO2. The number of benzene rings is 1. The fourth-order valence-electron chi connectivity index (χ4n) is 1.83. The number of methoxy groups -OCH3 is 1. The van der Waals surface area contributed by atoms with E-state index in [0.717, 1.165) is 11.1 Å². The van der Waals surface area contributed by atoms with Crippen LogP contribution in [0.5, 0.6) is 0 Å². The first-order chi connectivity index (χ1) is 8.39. The van der Waals surface area contributed by atoms with E-state index in [1.54, 1.807) is 7.11 Å². The standard InChI is InChI=1S/C14H20ClNO2/c1-10(15)11-4-6-12(7-5-11)14(2,18-3)9-8-13(16)17/h4-7,10H,8-9H2,1-3H3,(H2,16,17). The second kappa shape index (κ2) is 6.21. The molecule has 2 N–H and O–H groups in total. The largest absolute Gasteiger partial charge is 0.374 e. The summed E-state index contributed by atoms with van der Waals surface area (Å²) in [6, 6.07) is 7.93. The summed E-state index contributed by atoms with van der Waals surface area (Å²) in [5.41, 5.74) is 6.77. The van der Waals surface area contributed by atoms with Gasteiger partial charge in [-0.25, -0.2) is 0 Å². The van der Waals surface area contributed by atoms with E-state index in [2.05, 4.69) is 0 Å². The number of carbonyl (C=O) groups excluding carboxylic acids is 1. The molecule has 1 aromatic rings. The van der Waals surface area contributed by atoms with Crippen molar-refractivity contribution >= 4 is 17.5 Å². The van der Waals surface area contributed by atoms with Gasteiger partial charge in [0.15, 0.2) is 0 Å². The molecule has 1 rings (SSSR count). The van der Waals surface area contributed by atoms with Gasteiger partial charge < -0.3 is 10.5 Å². The maximum atomic E-state index is 10.9. The van der Waals surface area contributed by atoms with Gasteiger partial charge in [0.2, 0.25) is 5.91 Å².